The summed E-state index contributed by atoms with van der Waals surface area (Å²) in [5, 5.41) is 0.634. The molecular formula is C17H17ClO3. The van der Waals surface area contributed by atoms with Gasteiger partial charge in [0.15, 0.2) is 12.4 Å². The van der Waals surface area contributed by atoms with Crippen LogP contribution in [0, 0.1) is 0 Å². The number of Topliss-reactive ketones (excluding diaryl/α,β-unsaturated/α-hetero) is 1. The third-order valence-electron chi connectivity index (χ3n) is 2.73. The van der Waals surface area contributed by atoms with Crippen LogP contribution in [0.3, 0.4) is 0 Å². The van der Waals surface area contributed by atoms with Crippen LogP contribution in [-0.2, 0) is 0 Å². The summed E-state index contributed by atoms with van der Waals surface area (Å²) >= 11 is 5.79. The van der Waals surface area contributed by atoms with Gasteiger partial charge in [-0.05, 0) is 62.4 Å². The Morgan fingerprint density at radius 3 is 2.14 bits per heavy atom. The molecule has 2 aromatic carbocycles. The van der Waals surface area contributed by atoms with Gasteiger partial charge < -0.3 is 9.47 Å². The predicted molar refractivity (Wildman–Crippen MR) is 83.5 cm³/mol. The summed E-state index contributed by atoms with van der Waals surface area (Å²) in [6.07, 6.45) is 0.111. The largest absolute Gasteiger partial charge is 0.491 e. The second kappa shape index (κ2) is 7.14. The topological polar surface area (TPSA) is 35.5 Å². The molecule has 3 nitrogen and oxygen atoms in total. The predicted octanol–water partition coefficient (Wildman–Crippen LogP) is 4.39. The first-order chi connectivity index (χ1) is 10.0. The van der Waals surface area contributed by atoms with Gasteiger partial charge in [-0.2, -0.15) is 0 Å². The Balaban J connectivity index is 1.92. The van der Waals surface area contributed by atoms with Gasteiger partial charge in [0, 0.05) is 10.6 Å². The SMILES string of the molecule is CC(C)Oc1ccc(C(=O)COc2ccc(Cl)cc2)cc1. The van der Waals surface area contributed by atoms with E-state index in [2.05, 4.69) is 0 Å². The van der Waals surface area contributed by atoms with Crippen LogP contribution in [0.4, 0.5) is 0 Å². The minimum absolute atomic E-state index is 0.00792. The summed E-state index contributed by atoms with van der Waals surface area (Å²) in [7, 11) is 0. The standard InChI is InChI=1S/C17H17ClO3/c1-12(2)21-16-7-3-13(4-8-16)17(19)11-20-15-9-5-14(18)6-10-15/h3-10,12H,11H2,1-2H3. The Hall–Kier alpha value is -2.00. The highest BCUT2D eigenvalue weighted by molar-refractivity contribution is 6.30. The Labute approximate surface area is 129 Å². The van der Waals surface area contributed by atoms with Crippen LogP contribution in [0.1, 0.15) is 24.2 Å². The summed E-state index contributed by atoms with van der Waals surface area (Å²) in [6.45, 7) is 3.91. The van der Waals surface area contributed by atoms with E-state index in [1.165, 1.54) is 0 Å². The number of ether oxygens (including phenoxy) is 2. The molecule has 0 bridgehead atoms. The van der Waals surface area contributed by atoms with Gasteiger partial charge in [0.25, 0.3) is 0 Å². The second-order valence-corrected chi connectivity index (χ2v) is 5.29. The Bertz CT molecular complexity index is 588. The van der Waals surface area contributed by atoms with E-state index in [1.54, 1.807) is 48.5 Å². The number of benzene rings is 2. The third-order valence-corrected chi connectivity index (χ3v) is 2.98. The molecule has 0 saturated heterocycles. The highest BCUT2D eigenvalue weighted by Gasteiger charge is 2.07. The van der Waals surface area contributed by atoms with Crippen molar-refractivity contribution < 1.29 is 14.3 Å². The highest BCUT2D eigenvalue weighted by atomic mass is 35.5. The zero-order valence-electron chi connectivity index (χ0n) is 12.0. The summed E-state index contributed by atoms with van der Waals surface area (Å²) in [5.41, 5.74) is 0.597. The smallest absolute Gasteiger partial charge is 0.200 e. The van der Waals surface area contributed by atoms with Gasteiger partial charge >= 0.3 is 0 Å². The van der Waals surface area contributed by atoms with Crippen LogP contribution in [-0.4, -0.2) is 18.5 Å². The van der Waals surface area contributed by atoms with E-state index in [-0.39, 0.29) is 18.5 Å². The van der Waals surface area contributed by atoms with Crippen molar-refractivity contribution in [3.8, 4) is 11.5 Å². The van der Waals surface area contributed by atoms with E-state index in [4.69, 9.17) is 21.1 Å². The van der Waals surface area contributed by atoms with Crippen molar-refractivity contribution in [3.05, 3.63) is 59.1 Å². The monoisotopic (exact) mass is 304 g/mol. The van der Waals surface area contributed by atoms with Gasteiger partial charge in [0.05, 0.1) is 6.10 Å². The molecular weight excluding hydrogens is 288 g/mol. The Kier molecular flexibility index (Phi) is 5.23. The van der Waals surface area contributed by atoms with Crippen LogP contribution in [0.15, 0.2) is 48.5 Å². The van der Waals surface area contributed by atoms with Crippen molar-refractivity contribution >= 4 is 17.4 Å². The third kappa shape index (κ3) is 4.80. The normalized spacial score (nSPS) is 10.5. The second-order valence-electron chi connectivity index (χ2n) is 4.86. The molecule has 0 spiro atoms. The van der Waals surface area contributed by atoms with E-state index >= 15 is 0 Å². The molecule has 0 aliphatic carbocycles. The molecule has 0 amide bonds. The van der Waals surface area contributed by atoms with Crippen molar-refractivity contribution in [1.29, 1.82) is 0 Å². The maximum absolute atomic E-state index is 12.0. The van der Waals surface area contributed by atoms with Gasteiger partial charge in [-0.15, -0.1) is 0 Å². The summed E-state index contributed by atoms with van der Waals surface area (Å²) < 4.78 is 11.0. The molecule has 21 heavy (non-hydrogen) atoms. The number of halogens is 1. The fourth-order valence-electron chi connectivity index (χ4n) is 1.75. The Morgan fingerprint density at radius 1 is 1.00 bits per heavy atom. The molecule has 0 fully saturated rings. The molecule has 0 unspecified atom stereocenters. The molecule has 110 valence electrons. The van der Waals surface area contributed by atoms with Crippen LogP contribution in [0.2, 0.25) is 5.02 Å². The van der Waals surface area contributed by atoms with Crippen molar-refractivity contribution in [1.82, 2.24) is 0 Å². The van der Waals surface area contributed by atoms with E-state index in [9.17, 15) is 4.79 Å². The minimum atomic E-state index is -0.0824. The van der Waals surface area contributed by atoms with E-state index in [1.807, 2.05) is 13.8 Å². The number of carbonyl (C=O) groups excluding carboxylic acids is 1. The number of ketones is 1. The molecule has 0 aromatic heterocycles. The summed E-state index contributed by atoms with van der Waals surface area (Å²) in [4.78, 5) is 12.0. The number of hydrogen-bond donors (Lipinski definition) is 0. The molecule has 2 rings (SSSR count). The van der Waals surface area contributed by atoms with Crippen LogP contribution in [0.5, 0.6) is 11.5 Å². The molecule has 0 aliphatic heterocycles. The molecule has 0 saturated carbocycles. The van der Waals surface area contributed by atoms with Crippen molar-refractivity contribution in [2.75, 3.05) is 6.61 Å². The minimum Gasteiger partial charge on any atom is -0.491 e. The average molecular weight is 305 g/mol. The van der Waals surface area contributed by atoms with Crippen molar-refractivity contribution in [3.63, 3.8) is 0 Å². The zero-order chi connectivity index (χ0) is 15.2. The van der Waals surface area contributed by atoms with Gasteiger partial charge in [0.1, 0.15) is 11.5 Å². The van der Waals surface area contributed by atoms with Gasteiger partial charge in [-0.25, -0.2) is 0 Å². The maximum Gasteiger partial charge on any atom is 0.200 e. The lowest BCUT2D eigenvalue weighted by Gasteiger charge is -2.10. The number of hydrogen-bond acceptors (Lipinski definition) is 3. The molecule has 0 aliphatic rings. The molecule has 0 radical (unpaired) electrons. The summed E-state index contributed by atoms with van der Waals surface area (Å²) in [5.74, 6) is 1.29. The van der Waals surface area contributed by atoms with E-state index in [0.717, 1.165) is 5.75 Å². The fraction of sp³-hybridized carbons (Fsp3) is 0.235. The first kappa shape index (κ1) is 15.4. The molecule has 0 N–H and O–H groups in total. The van der Waals surface area contributed by atoms with Crippen LogP contribution < -0.4 is 9.47 Å². The number of carbonyl (C=O) groups is 1. The van der Waals surface area contributed by atoms with Gasteiger partial charge in [0.2, 0.25) is 0 Å². The first-order valence-electron chi connectivity index (χ1n) is 6.73. The van der Waals surface area contributed by atoms with Crippen molar-refractivity contribution in [2.24, 2.45) is 0 Å². The highest BCUT2D eigenvalue weighted by Crippen LogP contribution is 2.17. The quantitative estimate of drug-likeness (QED) is 0.743. The van der Waals surface area contributed by atoms with E-state index in [0.29, 0.717) is 16.3 Å². The molecule has 4 heteroatoms. The van der Waals surface area contributed by atoms with Gasteiger partial charge in [-0.3, -0.25) is 4.79 Å². The fourth-order valence-corrected chi connectivity index (χ4v) is 1.88. The number of rotatable bonds is 6. The molecule has 2 aromatic rings. The molecule has 0 heterocycles. The lowest BCUT2D eigenvalue weighted by Crippen LogP contribution is -2.11. The molecule has 0 atom stereocenters. The lowest BCUT2D eigenvalue weighted by molar-refractivity contribution is 0.0921. The van der Waals surface area contributed by atoms with Crippen LogP contribution >= 0.6 is 11.6 Å². The Morgan fingerprint density at radius 2 is 1.57 bits per heavy atom. The zero-order valence-corrected chi connectivity index (χ0v) is 12.8. The lowest BCUT2D eigenvalue weighted by atomic mass is 10.1. The first-order valence-corrected chi connectivity index (χ1v) is 7.10. The average Bonchev–Trinajstić information content (AvgIpc) is 2.46. The van der Waals surface area contributed by atoms with E-state index < -0.39 is 0 Å². The maximum atomic E-state index is 12.0. The van der Waals surface area contributed by atoms with Gasteiger partial charge in [-0.1, -0.05) is 11.6 Å². The van der Waals surface area contributed by atoms with Crippen LogP contribution in [0.25, 0.3) is 0 Å². The summed E-state index contributed by atoms with van der Waals surface area (Å²) in [6, 6.07) is 14.0. The van der Waals surface area contributed by atoms with Crippen molar-refractivity contribution in [2.45, 2.75) is 20.0 Å².